The van der Waals surface area contributed by atoms with E-state index in [-0.39, 0.29) is 11.9 Å². The molecule has 1 saturated carbocycles. The van der Waals surface area contributed by atoms with E-state index in [0.717, 1.165) is 17.3 Å². The number of carboxylic acid groups (broad SMARTS) is 1. The van der Waals surface area contributed by atoms with Crippen molar-refractivity contribution in [2.45, 2.75) is 45.2 Å². The lowest BCUT2D eigenvalue weighted by Gasteiger charge is -2.16. The number of aliphatic carboxylic acids is 1. The second kappa shape index (κ2) is 5.99. The Labute approximate surface area is 126 Å². The molecule has 2 rings (SSSR count). The second-order valence-corrected chi connectivity index (χ2v) is 6.50. The van der Waals surface area contributed by atoms with Gasteiger partial charge in [0.15, 0.2) is 0 Å². The van der Waals surface area contributed by atoms with Gasteiger partial charge in [-0.3, -0.25) is 4.79 Å². The Morgan fingerprint density at radius 2 is 2.15 bits per heavy atom. The number of hydrogen-bond acceptors (Lipinski definition) is 2. The number of aromatic nitrogens is 1. The van der Waals surface area contributed by atoms with Gasteiger partial charge in [-0.1, -0.05) is 12.8 Å². The van der Waals surface area contributed by atoms with E-state index < -0.39 is 12.0 Å². The summed E-state index contributed by atoms with van der Waals surface area (Å²) in [6.07, 6.45) is 4.47. The van der Waals surface area contributed by atoms with Crippen LogP contribution in [0.1, 0.15) is 49.6 Å². The molecule has 110 valence electrons. The predicted octanol–water partition coefficient (Wildman–Crippen LogP) is 2.81. The standard InChI is InChI=1S/C14H19BrN2O3/c1-8(2)17-7-10(15)6-12(17)13(18)16-11(14(19)20)5-9-3-4-9/h6-9,11H,3-5H2,1-2H3,(H,16,18)(H,19,20). The second-order valence-electron chi connectivity index (χ2n) is 5.59. The van der Waals surface area contributed by atoms with E-state index in [1.54, 1.807) is 6.07 Å². The van der Waals surface area contributed by atoms with Gasteiger partial charge in [-0.05, 0) is 48.2 Å². The van der Waals surface area contributed by atoms with Gasteiger partial charge in [-0.25, -0.2) is 4.79 Å². The number of halogens is 1. The summed E-state index contributed by atoms with van der Waals surface area (Å²) < 4.78 is 2.64. The molecule has 0 radical (unpaired) electrons. The lowest BCUT2D eigenvalue weighted by molar-refractivity contribution is -0.139. The van der Waals surface area contributed by atoms with E-state index in [4.69, 9.17) is 0 Å². The molecule has 0 bridgehead atoms. The molecule has 1 aliphatic rings. The van der Waals surface area contributed by atoms with Crippen molar-refractivity contribution in [2.75, 3.05) is 0 Å². The van der Waals surface area contributed by atoms with Crippen LogP contribution in [-0.4, -0.2) is 27.6 Å². The zero-order valence-corrected chi connectivity index (χ0v) is 13.2. The minimum absolute atomic E-state index is 0.133. The molecule has 6 heteroatoms. The van der Waals surface area contributed by atoms with Crippen molar-refractivity contribution >= 4 is 27.8 Å². The molecule has 1 aromatic rings. The van der Waals surface area contributed by atoms with Crippen molar-refractivity contribution in [1.82, 2.24) is 9.88 Å². The van der Waals surface area contributed by atoms with E-state index in [1.807, 2.05) is 24.6 Å². The molecular weight excluding hydrogens is 324 g/mol. The van der Waals surface area contributed by atoms with Crippen molar-refractivity contribution < 1.29 is 14.7 Å². The maximum Gasteiger partial charge on any atom is 0.326 e. The Kier molecular flexibility index (Phi) is 4.52. The first-order chi connectivity index (χ1) is 9.38. The summed E-state index contributed by atoms with van der Waals surface area (Å²) in [5.74, 6) is -0.857. The molecule has 0 aliphatic heterocycles. The van der Waals surface area contributed by atoms with Crippen LogP contribution in [0, 0.1) is 5.92 Å². The van der Waals surface area contributed by atoms with Crippen LogP contribution in [-0.2, 0) is 4.79 Å². The summed E-state index contributed by atoms with van der Waals surface area (Å²) in [5, 5.41) is 11.8. The smallest absolute Gasteiger partial charge is 0.326 e. The third-order valence-corrected chi connectivity index (χ3v) is 3.91. The van der Waals surface area contributed by atoms with Gasteiger partial charge < -0.3 is 15.0 Å². The molecule has 0 saturated heterocycles. The van der Waals surface area contributed by atoms with Crippen LogP contribution in [0.3, 0.4) is 0 Å². The largest absolute Gasteiger partial charge is 0.480 e. The van der Waals surface area contributed by atoms with Gasteiger partial charge in [0.1, 0.15) is 11.7 Å². The first-order valence-electron chi connectivity index (χ1n) is 6.79. The van der Waals surface area contributed by atoms with Crippen molar-refractivity contribution in [2.24, 2.45) is 5.92 Å². The van der Waals surface area contributed by atoms with Crippen LogP contribution in [0.2, 0.25) is 0 Å². The molecule has 20 heavy (non-hydrogen) atoms. The summed E-state index contributed by atoms with van der Waals surface area (Å²) in [4.78, 5) is 23.5. The molecular formula is C14H19BrN2O3. The fourth-order valence-electron chi connectivity index (χ4n) is 2.20. The maximum absolute atomic E-state index is 12.3. The maximum atomic E-state index is 12.3. The third kappa shape index (κ3) is 3.62. The number of nitrogens with one attached hydrogen (secondary N) is 1. The molecule has 1 atom stereocenters. The number of carbonyl (C=O) groups is 2. The highest BCUT2D eigenvalue weighted by atomic mass is 79.9. The van der Waals surface area contributed by atoms with Crippen molar-refractivity contribution in [3.8, 4) is 0 Å². The van der Waals surface area contributed by atoms with Crippen LogP contribution in [0.25, 0.3) is 0 Å². The summed E-state index contributed by atoms with van der Waals surface area (Å²) in [5.41, 5.74) is 0.480. The summed E-state index contributed by atoms with van der Waals surface area (Å²) in [6, 6.07) is 1.05. The van der Waals surface area contributed by atoms with E-state index in [2.05, 4.69) is 21.2 Å². The van der Waals surface area contributed by atoms with Gasteiger partial charge in [-0.15, -0.1) is 0 Å². The van der Waals surface area contributed by atoms with Crippen molar-refractivity contribution in [3.63, 3.8) is 0 Å². The van der Waals surface area contributed by atoms with E-state index in [9.17, 15) is 14.7 Å². The van der Waals surface area contributed by atoms with Crippen LogP contribution < -0.4 is 5.32 Å². The number of amides is 1. The Balaban J connectivity index is 2.11. The van der Waals surface area contributed by atoms with Gasteiger partial charge in [0.25, 0.3) is 5.91 Å². The summed E-state index contributed by atoms with van der Waals surface area (Å²) in [7, 11) is 0. The van der Waals surface area contributed by atoms with Crippen LogP contribution >= 0.6 is 15.9 Å². The van der Waals surface area contributed by atoms with E-state index in [1.165, 1.54) is 0 Å². The number of nitrogens with zero attached hydrogens (tertiary/aromatic N) is 1. The topological polar surface area (TPSA) is 71.3 Å². The van der Waals surface area contributed by atoms with E-state index >= 15 is 0 Å². The molecule has 2 N–H and O–H groups in total. The van der Waals surface area contributed by atoms with Gasteiger partial charge in [0.05, 0.1) is 0 Å². The molecule has 0 spiro atoms. The molecule has 1 amide bonds. The molecule has 1 unspecified atom stereocenters. The highest BCUT2D eigenvalue weighted by molar-refractivity contribution is 9.10. The van der Waals surface area contributed by atoms with Gasteiger partial charge in [0.2, 0.25) is 0 Å². The SMILES string of the molecule is CC(C)n1cc(Br)cc1C(=O)NC(CC1CC1)C(=O)O. The van der Waals surface area contributed by atoms with Gasteiger partial charge >= 0.3 is 5.97 Å². The fourth-order valence-corrected chi connectivity index (χ4v) is 2.63. The molecule has 0 aromatic carbocycles. The van der Waals surface area contributed by atoms with Crippen LogP contribution in [0.15, 0.2) is 16.7 Å². The number of carboxylic acids is 1. The number of hydrogen-bond donors (Lipinski definition) is 2. The summed E-state index contributed by atoms with van der Waals surface area (Å²) in [6.45, 7) is 3.95. The fraction of sp³-hybridized carbons (Fsp3) is 0.571. The lowest BCUT2D eigenvalue weighted by atomic mass is 10.1. The average Bonchev–Trinajstić information content (AvgIpc) is 3.08. The monoisotopic (exact) mass is 342 g/mol. The number of carbonyl (C=O) groups excluding carboxylic acids is 1. The molecule has 1 aromatic heterocycles. The Morgan fingerprint density at radius 3 is 2.65 bits per heavy atom. The highest BCUT2D eigenvalue weighted by Crippen LogP contribution is 2.33. The first kappa shape index (κ1) is 15.1. The molecule has 1 aliphatic carbocycles. The zero-order valence-electron chi connectivity index (χ0n) is 11.6. The Morgan fingerprint density at radius 1 is 1.50 bits per heavy atom. The Bertz CT molecular complexity index is 520. The lowest BCUT2D eigenvalue weighted by Crippen LogP contribution is -2.41. The molecule has 1 fully saturated rings. The van der Waals surface area contributed by atoms with Crippen molar-refractivity contribution in [3.05, 3.63) is 22.4 Å². The van der Waals surface area contributed by atoms with E-state index in [0.29, 0.717) is 18.0 Å². The van der Waals surface area contributed by atoms with Gasteiger partial charge in [-0.2, -0.15) is 0 Å². The molecule has 5 nitrogen and oxygen atoms in total. The Hall–Kier alpha value is -1.30. The predicted molar refractivity (Wildman–Crippen MR) is 78.7 cm³/mol. The zero-order chi connectivity index (χ0) is 14.9. The third-order valence-electron chi connectivity index (χ3n) is 3.47. The highest BCUT2D eigenvalue weighted by Gasteiger charge is 2.31. The van der Waals surface area contributed by atoms with Crippen molar-refractivity contribution in [1.29, 1.82) is 0 Å². The normalized spacial score (nSPS) is 16.2. The first-order valence-corrected chi connectivity index (χ1v) is 7.58. The minimum Gasteiger partial charge on any atom is -0.480 e. The van der Waals surface area contributed by atoms with Crippen LogP contribution in [0.5, 0.6) is 0 Å². The quantitative estimate of drug-likeness (QED) is 0.834. The summed E-state index contributed by atoms with van der Waals surface area (Å²) >= 11 is 3.35. The molecule has 1 heterocycles. The van der Waals surface area contributed by atoms with Crippen LogP contribution in [0.4, 0.5) is 0 Å². The average molecular weight is 343 g/mol. The van der Waals surface area contributed by atoms with Gasteiger partial charge in [0, 0.05) is 16.7 Å². The number of rotatable bonds is 6. The minimum atomic E-state index is -0.966.